The van der Waals surface area contributed by atoms with Crippen LogP contribution in [-0.2, 0) is 14.3 Å². The van der Waals surface area contributed by atoms with E-state index in [9.17, 15) is 30.3 Å². The van der Waals surface area contributed by atoms with Crippen LogP contribution in [0.1, 0.15) is 162 Å². The summed E-state index contributed by atoms with van der Waals surface area (Å²) < 4.78 is 11.2. The van der Waals surface area contributed by atoms with Gasteiger partial charge in [0.1, 0.15) is 24.4 Å². The Kier molecular flexibility index (Phi) is 28.4. The smallest absolute Gasteiger partial charge is 0.220 e. The summed E-state index contributed by atoms with van der Waals surface area (Å²) in [7, 11) is 0. The molecule has 9 heteroatoms. The molecule has 0 bridgehead atoms. The van der Waals surface area contributed by atoms with Gasteiger partial charge in [0.15, 0.2) is 6.29 Å². The summed E-state index contributed by atoms with van der Waals surface area (Å²) in [6, 6.07) is -0.721. The zero-order valence-electron chi connectivity index (χ0n) is 30.5. The molecule has 0 aromatic heterocycles. The molecule has 48 heavy (non-hydrogen) atoms. The summed E-state index contributed by atoms with van der Waals surface area (Å²) in [5, 5.41) is 53.9. The average Bonchev–Trinajstić information content (AvgIpc) is 3.08. The van der Waals surface area contributed by atoms with Crippen molar-refractivity contribution >= 4 is 5.91 Å². The second-order valence-corrected chi connectivity index (χ2v) is 13.7. The lowest BCUT2D eigenvalue weighted by atomic mass is 9.99. The number of ether oxygens (including phenoxy) is 2. The zero-order valence-corrected chi connectivity index (χ0v) is 30.5. The highest BCUT2D eigenvalue weighted by molar-refractivity contribution is 5.76. The van der Waals surface area contributed by atoms with Crippen LogP contribution in [0.2, 0.25) is 0 Å². The molecule has 1 aliphatic rings. The molecule has 0 aromatic rings. The van der Waals surface area contributed by atoms with Crippen molar-refractivity contribution in [2.24, 2.45) is 0 Å². The third kappa shape index (κ3) is 21.7. The van der Waals surface area contributed by atoms with Gasteiger partial charge in [-0.05, 0) is 44.9 Å². The molecule has 0 spiro atoms. The van der Waals surface area contributed by atoms with Crippen LogP contribution < -0.4 is 5.32 Å². The van der Waals surface area contributed by atoms with Gasteiger partial charge in [0.05, 0.1) is 25.4 Å². The van der Waals surface area contributed by atoms with E-state index in [4.69, 9.17) is 9.47 Å². The average molecular weight is 684 g/mol. The molecule has 1 saturated heterocycles. The van der Waals surface area contributed by atoms with Crippen molar-refractivity contribution < 1.29 is 39.8 Å². The molecule has 9 nitrogen and oxygen atoms in total. The first-order chi connectivity index (χ1) is 23.3. The lowest BCUT2D eigenvalue weighted by Crippen LogP contribution is -2.60. The van der Waals surface area contributed by atoms with E-state index in [2.05, 4.69) is 43.5 Å². The van der Waals surface area contributed by atoms with E-state index in [1.807, 2.05) is 0 Å². The summed E-state index contributed by atoms with van der Waals surface area (Å²) in [6.45, 7) is 3.75. The molecule has 0 aliphatic carbocycles. The normalized spacial score (nSPS) is 22.9. The zero-order chi connectivity index (χ0) is 35.2. The number of hydrogen-bond acceptors (Lipinski definition) is 8. The van der Waals surface area contributed by atoms with Crippen molar-refractivity contribution in [2.75, 3.05) is 13.2 Å². The van der Waals surface area contributed by atoms with Gasteiger partial charge in [-0.15, -0.1) is 0 Å². The van der Waals surface area contributed by atoms with E-state index in [-0.39, 0.29) is 12.5 Å². The summed E-state index contributed by atoms with van der Waals surface area (Å²) in [5.74, 6) is -0.162. The third-order valence-corrected chi connectivity index (χ3v) is 9.31. The molecule has 1 amide bonds. The molecule has 0 aromatic carbocycles. The number of carbonyl (C=O) groups is 1. The highest BCUT2D eigenvalue weighted by Gasteiger charge is 2.44. The number of amides is 1. The molecule has 7 unspecified atom stereocenters. The van der Waals surface area contributed by atoms with E-state index in [0.717, 1.165) is 64.2 Å². The Morgan fingerprint density at radius 3 is 1.81 bits per heavy atom. The molecule has 1 rings (SSSR count). The van der Waals surface area contributed by atoms with Crippen LogP contribution in [0.5, 0.6) is 0 Å². The SMILES string of the molecule is CCCCCC/C=C\C/C=C\CCCCCCCC(=O)NC(COC1OC(CO)C(O)C(O)C1O)C(O)CCCCCCCCCCC. The monoisotopic (exact) mass is 684 g/mol. The van der Waals surface area contributed by atoms with Gasteiger partial charge < -0.3 is 40.3 Å². The van der Waals surface area contributed by atoms with Crippen LogP contribution in [0.4, 0.5) is 0 Å². The van der Waals surface area contributed by atoms with Crippen molar-refractivity contribution in [2.45, 2.75) is 204 Å². The molecule has 6 N–H and O–H groups in total. The number of hydrogen-bond donors (Lipinski definition) is 6. The van der Waals surface area contributed by atoms with Crippen LogP contribution in [-0.4, -0.2) is 87.5 Å². The molecule has 7 atom stereocenters. The van der Waals surface area contributed by atoms with Gasteiger partial charge in [-0.1, -0.05) is 134 Å². The molecule has 1 heterocycles. The van der Waals surface area contributed by atoms with Crippen LogP contribution in [0.3, 0.4) is 0 Å². The molecule has 282 valence electrons. The van der Waals surface area contributed by atoms with E-state index in [0.29, 0.717) is 12.8 Å². The predicted molar refractivity (Wildman–Crippen MR) is 193 cm³/mol. The lowest BCUT2D eigenvalue weighted by molar-refractivity contribution is -0.302. The summed E-state index contributed by atoms with van der Waals surface area (Å²) in [5.41, 5.74) is 0. The van der Waals surface area contributed by atoms with Gasteiger partial charge in [-0.2, -0.15) is 0 Å². The fraction of sp³-hybridized carbons (Fsp3) is 0.872. The summed E-state index contributed by atoms with van der Waals surface area (Å²) in [6.07, 6.45) is 26.1. The second-order valence-electron chi connectivity index (χ2n) is 13.7. The van der Waals surface area contributed by atoms with Gasteiger partial charge >= 0.3 is 0 Å². The molecule has 1 aliphatic heterocycles. The quantitative estimate of drug-likeness (QED) is 0.0346. The number of aliphatic hydroxyl groups is 5. The van der Waals surface area contributed by atoms with Crippen LogP contribution in [0, 0.1) is 0 Å². The van der Waals surface area contributed by atoms with E-state index < -0.39 is 49.5 Å². The minimum atomic E-state index is -1.55. The molecular formula is C39H73NO8. The number of rotatable bonds is 31. The Hall–Kier alpha value is -1.33. The predicted octanol–water partition coefficient (Wildman–Crippen LogP) is 6.77. The highest BCUT2D eigenvalue weighted by atomic mass is 16.7. The van der Waals surface area contributed by atoms with Gasteiger partial charge in [0, 0.05) is 6.42 Å². The maximum atomic E-state index is 12.9. The fourth-order valence-corrected chi connectivity index (χ4v) is 6.07. The first-order valence-corrected chi connectivity index (χ1v) is 19.5. The van der Waals surface area contributed by atoms with Crippen LogP contribution in [0.25, 0.3) is 0 Å². The molecule has 0 radical (unpaired) electrons. The number of nitrogens with one attached hydrogen (secondary N) is 1. The maximum absolute atomic E-state index is 12.9. The Morgan fingerprint density at radius 1 is 0.708 bits per heavy atom. The molecule has 1 fully saturated rings. The summed E-state index contributed by atoms with van der Waals surface area (Å²) >= 11 is 0. The minimum absolute atomic E-state index is 0.144. The third-order valence-electron chi connectivity index (χ3n) is 9.31. The van der Waals surface area contributed by atoms with Crippen LogP contribution in [0.15, 0.2) is 24.3 Å². The Bertz CT molecular complexity index is 807. The number of allylic oxidation sites excluding steroid dienone is 4. The first kappa shape index (κ1) is 44.7. The van der Waals surface area contributed by atoms with Gasteiger partial charge in [0.2, 0.25) is 5.91 Å². The molecule has 0 saturated carbocycles. The van der Waals surface area contributed by atoms with E-state index in [1.54, 1.807) is 0 Å². The Balaban J connectivity index is 2.40. The lowest BCUT2D eigenvalue weighted by Gasteiger charge is -2.40. The largest absolute Gasteiger partial charge is 0.394 e. The molecular weight excluding hydrogens is 610 g/mol. The van der Waals surface area contributed by atoms with Gasteiger partial charge in [-0.3, -0.25) is 4.79 Å². The van der Waals surface area contributed by atoms with Crippen molar-refractivity contribution in [3.8, 4) is 0 Å². The van der Waals surface area contributed by atoms with Crippen molar-refractivity contribution in [1.82, 2.24) is 5.32 Å². The number of aliphatic hydroxyl groups excluding tert-OH is 5. The first-order valence-electron chi connectivity index (χ1n) is 19.5. The number of unbranched alkanes of at least 4 members (excludes halogenated alkanes) is 17. The van der Waals surface area contributed by atoms with Crippen LogP contribution >= 0.6 is 0 Å². The van der Waals surface area contributed by atoms with Crippen molar-refractivity contribution in [3.63, 3.8) is 0 Å². The summed E-state index contributed by atoms with van der Waals surface area (Å²) in [4.78, 5) is 12.9. The van der Waals surface area contributed by atoms with E-state index >= 15 is 0 Å². The second kappa shape index (κ2) is 30.5. The van der Waals surface area contributed by atoms with Gasteiger partial charge in [-0.25, -0.2) is 0 Å². The number of carbonyl (C=O) groups excluding carboxylic acids is 1. The minimum Gasteiger partial charge on any atom is -0.394 e. The Labute approximate surface area is 292 Å². The van der Waals surface area contributed by atoms with Crippen molar-refractivity contribution in [1.29, 1.82) is 0 Å². The fourth-order valence-electron chi connectivity index (χ4n) is 6.07. The van der Waals surface area contributed by atoms with E-state index in [1.165, 1.54) is 70.6 Å². The topological polar surface area (TPSA) is 149 Å². The maximum Gasteiger partial charge on any atom is 0.220 e. The standard InChI is InChI=1S/C39H73NO8/c1-3-5-7-9-11-13-14-15-16-17-18-19-21-23-25-27-29-35(43)40-32(33(42)28-26-24-22-20-12-10-8-6-4-2)31-47-39-38(46)37(45)36(44)34(30-41)48-39/h13-14,16-17,32-34,36-39,41-42,44-46H,3-12,15,18-31H2,1-2H3,(H,40,43)/b14-13-,17-16-. The highest BCUT2D eigenvalue weighted by Crippen LogP contribution is 2.23. The van der Waals surface area contributed by atoms with Gasteiger partial charge in [0.25, 0.3) is 0 Å². The van der Waals surface area contributed by atoms with Crippen molar-refractivity contribution in [3.05, 3.63) is 24.3 Å². The Morgan fingerprint density at radius 2 is 1.23 bits per heavy atom.